The molecule has 6 nitrogen and oxygen atoms in total. The van der Waals surface area contributed by atoms with Crippen molar-refractivity contribution < 1.29 is 30.8 Å². The second kappa shape index (κ2) is 13.4. The van der Waals surface area contributed by atoms with Gasteiger partial charge in [-0.3, -0.25) is 4.79 Å². The van der Waals surface area contributed by atoms with Gasteiger partial charge in [0.15, 0.2) is 0 Å². The molecule has 0 fully saturated rings. The van der Waals surface area contributed by atoms with Crippen LogP contribution < -0.4 is 15.4 Å². The normalized spacial score (nSPS) is 17.0. The van der Waals surface area contributed by atoms with E-state index < -0.39 is 44.4 Å². The Labute approximate surface area is 256 Å². The zero-order valence-corrected chi connectivity index (χ0v) is 26.1. The third kappa shape index (κ3) is 8.89. The van der Waals surface area contributed by atoms with E-state index in [1.54, 1.807) is 0 Å². The molecule has 0 aromatic heterocycles. The summed E-state index contributed by atoms with van der Waals surface area (Å²) in [4.78, 5) is 12.8. The second-order valence-electron chi connectivity index (χ2n) is 12.6. The van der Waals surface area contributed by atoms with E-state index in [0.29, 0.717) is 18.1 Å². The van der Waals surface area contributed by atoms with Crippen molar-refractivity contribution in [3.63, 3.8) is 0 Å². The van der Waals surface area contributed by atoms with Gasteiger partial charge >= 0.3 is 6.18 Å². The van der Waals surface area contributed by atoms with Crippen LogP contribution in [0.4, 0.5) is 17.6 Å². The summed E-state index contributed by atoms with van der Waals surface area (Å²) in [6.45, 7) is 9.49. The molecule has 4 rings (SSSR count). The van der Waals surface area contributed by atoms with E-state index in [1.807, 2.05) is 12.1 Å². The van der Waals surface area contributed by atoms with Crippen molar-refractivity contribution in [3.8, 4) is 0 Å². The molecule has 3 aromatic carbocycles. The summed E-state index contributed by atoms with van der Waals surface area (Å²) in [5.74, 6) is -1.01. The van der Waals surface area contributed by atoms with Crippen LogP contribution in [-0.2, 0) is 27.4 Å². The number of nitrogens with one attached hydrogen (secondary N) is 3. The number of hydrogen-bond acceptors (Lipinski definition) is 4. The molecule has 3 aromatic rings. The van der Waals surface area contributed by atoms with Gasteiger partial charge in [0, 0.05) is 19.0 Å². The van der Waals surface area contributed by atoms with E-state index in [1.165, 1.54) is 12.1 Å². The summed E-state index contributed by atoms with van der Waals surface area (Å²) in [5.41, 5.74) is 2.62. The van der Waals surface area contributed by atoms with Crippen molar-refractivity contribution in [1.29, 1.82) is 0 Å². The molecule has 0 bridgehead atoms. The van der Waals surface area contributed by atoms with E-state index >= 15 is 0 Å². The predicted molar refractivity (Wildman–Crippen MR) is 162 cm³/mol. The quantitative estimate of drug-likeness (QED) is 0.207. The predicted octanol–water partition coefficient (Wildman–Crippen LogP) is 7.14. The van der Waals surface area contributed by atoms with Crippen molar-refractivity contribution >= 4 is 15.9 Å². The third-order valence-corrected chi connectivity index (χ3v) is 9.16. The van der Waals surface area contributed by atoms with Crippen molar-refractivity contribution in [3.05, 3.63) is 100 Å². The van der Waals surface area contributed by atoms with Crippen LogP contribution in [0.25, 0.3) is 0 Å². The number of alkyl halides is 3. The van der Waals surface area contributed by atoms with Gasteiger partial charge in [-0.1, -0.05) is 57.2 Å². The Morgan fingerprint density at radius 3 is 2.32 bits per heavy atom. The van der Waals surface area contributed by atoms with Crippen LogP contribution in [0, 0.1) is 11.2 Å². The number of benzene rings is 3. The summed E-state index contributed by atoms with van der Waals surface area (Å²) in [5, 5.41) is 6.59. The fraction of sp³-hybridized carbons (Fsp3) is 0.424. The van der Waals surface area contributed by atoms with Gasteiger partial charge in [-0.15, -0.1) is 0 Å². The SMILES string of the molecule is CC(NCC(C)(C)C)c1ccc2c(c1)CCC[C@H]2NC(=O)C[C@@H](NS(=O)(=O)c1cccc(C(F)(F)F)c1)c1ccc(F)cc1. The monoisotopic (exact) mass is 633 g/mol. The number of halogens is 4. The first-order valence-corrected chi connectivity index (χ1v) is 16.1. The van der Waals surface area contributed by atoms with Crippen molar-refractivity contribution in [1.82, 2.24) is 15.4 Å². The maximum Gasteiger partial charge on any atom is 0.416 e. The van der Waals surface area contributed by atoms with Crippen LogP contribution in [0.2, 0.25) is 0 Å². The number of aryl methyl sites for hydroxylation is 1. The molecular formula is C33H39F4N3O3S. The van der Waals surface area contributed by atoms with Gasteiger partial charge in [0.2, 0.25) is 15.9 Å². The lowest BCUT2D eigenvalue weighted by molar-refractivity contribution is -0.137. The lowest BCUT2D eigenvalue weighted by Gasteiger charge is -2.29. The Hall–Kier alpha value is -3.28. The molecule has 1 unspecified atom stereocenters. The average Bonchev–Trinajstić information content (AvgIpc) is 2.95. The molecule has 238 valence electrons. The van der Waals surface area contributed by atoms with Crippen LogP contribution in [0.1, 0.15) is 92.9 Å². The number of rotatable bonds is 10. The van der Waals surface area contributed by atoms with Gasteiger partial charge in [0.25, 0.3) is 0 Å². The molecule has 0 saturated heterocycles. The Morgan fingerprint density at radius 2 is 1.66 bits per heavy atom. The minimum absolute atomic E-state index is 0.144. The van der Waals surface area contributed by atoms with E-state index in [9.17, 15) is 30.8 Å². The molecule has 1 aliphatic rings. The number of carbonyl (C=O) groups is 1. The molecular weight excluding hydrogens is 594 g/mol. The molecule has 3 atom stereocenters. The molecule has 1 aliphatic carbocycles. The van der Waals surface area contributed by atoms with Gasteiger partial charge in [0.1, 0.15) is 5.82 Å². The fourth-order valence-electron chi connectivity index (χ4n) is 5.29. The second-order valence-corrected chi connectivity index (χ2v) is 14.3. The number of sulfonamides is 1. The van der Waals surface area contributed by atoms with E-state index in [0.717, 1.165) is 66.4 Å². The number of carbonyl (C=O) groups excluding carboxylic acids is 1. The lowest BCUT2D eigenvalue weighted by atomic mass is 9.85. The van der Waals surface area contributed by atoms with Gasteiger partial charge < -0.3 is 10.6 Å². The molecule has 3 N–H and O–H groups in total. The Morgan fingerprint density at radius 1 is 0.977 bits per heavy atom. The summed E-state index contributed by atoms with van der Waals surface area (Å²) < 4.78 is 82.2. The lowest BCUT2D eigenvalue weighted by Crippen LogP contribution is -2.36. The number of fused-ring (bicyclic) bond motifs is 1. The molecule has 44 heavy (non-hydrogen) atoms. The molecule has 0 spiro atoms. The van der Waals surface area contributed by atoms with Gasteiger partial charge in [-0.2, -0.15) is 13.2 Å². The van der Waals surface area contributed by atoms with Gasteiger partial charge in [-0.05, 0) is 84.2 Å². The molecule has 0 heterocycles. The maximum atomic E-state index is 13.7. The topological polar surface area (TPSA) is 87.3 Å². The summed E-state index contributed by atoms with van der Waals surface area (Å²) in [6.07, 6.45) is -2.65. The van der Waals surface area contributed by atoms with Crippen molar-refractivity contribution in [2.75, 3.05) is 6.54 Å². The molecule has 1 amide bonds. The van der Waals surface area contributed by atoms with Crippen LogP contribution in [0.3, 0.4) is 0 Å². The van der Waals surface area contributed by atoms with Crippen LogP contribution in [0.5, 0.6) is 0 Å². The Balaban J connectivity index is 1.52. The Bertz CT molecular complexity index is 1570. The van der Waals surface area contributed by atoms with Crippen LogP contribution >= 0.6 is 0 Å². The van der Waals surface area contributed by atoms with Gasteiger partial charge in [0.05, 0.1) is 22.5 Å². The standard InChI is InChI=1S/C33H39F4N3O3S/c1-21(38-20-32(2,3)4)23-13-16-28-24(17-23)7-5-10-29(28)39-31(41)19-30(22-11-14-26(34)15-12-22)40-44(42,43)27-9-6-8-25(18-27)33(35,36)37/h6,8-9,11-18,21,29-30,38,40H,5,7,10,19-20H2,1-4H3,(H,39,41)/t21?,29-,30-/m1/s1. The number of hydrogen-bond donors (Lipinski definition) is 3. The fourth-order valence-corrected chi connectivity index (χ4v) is 6.56. The molecule has 0 saturated carbocycles. The minimum Gasteiger partial charge on any atom is -0.349 e. The van der Waals surface area contributed by atoms with Crippen LogP contribution in [0.15, 0.2) is 71.6 Å². The minimum atomic E-state index is -4.74. The number of amides is 1. The third-order valence-electron chi connectivity index (χ3n) is 7.69. The van der Waals surface area contributed by atoms with E-state index in [2.05, 4.69) is 49.1 Å². The summed E-state index contributed by atoms with van der Waals surface area (Å²) in [6, 6.07) is 13.3. The van der Waals surface area contributed by atoms with Crippen molar-refractivity contribution in [2.45, 2.75) is 82.6 Å². The zero-order valence-electron chi connectivity index (χ0n) is 25.3. The first-order valence-electron chi connectivity index (χ1n) is 14.6. The molecule has 0 radical (unpaired) electrons. The summed E-state index contributed by atoms with van der Waals surface area (Å²) >= 11 is 0. The molecule has 0 aliphatic heterocycles. The maximum absolute atomic E-state index is 13.7. The summed E-state index contributed by atoms with van der Waals surface area (Å²) in [7, 11) is -4.48. The highest BCUT2D eigenvalue weighted by Gasteiger charge is 2.33. The Kier molecular flexibility index (Phi) is 10.2. The zero-order chi connectivity index (χ0) is 32.3. The largest absolute Gasteiger partial charge is 0.416 e. The van der Waals surface area contributed by atoms with E-state index in [4.69, 9.17) is 0 Å². The van der Waals surface area contributed by atoms with Crippen molar-refractivity contribution in [2.24, 2.45) is 5.41 Å². The first-order chi connectivity index (χ1) is 20.5. The molecule has 11 heteroatoms. The smallest absolute Gasteiger partial charge is 0.349 e. The average molecular weight is 634 g/mol. The highest BCUT2D eigenvalue weighted by Crippen LogP contribution is 2.33. The van der Waals surface area contributed by atoms with Crippen LogP contribution in [-0.4, -0.2) is 20.9 Å². The highest BCUT2D eigenvalue weighted by atomic mass is 32.2. The highest BCUT2D eigenvalue weighted by molar-refractivity contribution is 7.89. The first kappa shape index (κ1) is 33.6. The van der Waals surface area contributed by atoms with Gasteiger partial charge in [-0.25, -0.2) is 17.5 Å². The van der Waals surface area contributed by atoms with E-state index in [-0.39, 0.29) is 23.9 Å².